The van der Waals surface area contributed by atoms with Gasteiger partial charge in [-0.3, -0.25) is 9.59 Å². The van der Waals surface area contributed by atoms with Crippen LogP contribution in [0.5, 0.6) is 0 Å². The Morgan fingerprint density at radius 1 is 0.650 bits per heavy atom. The van der Waals surface area contributed by atoms with Gasteiger partial charge in [-0.15, -0.1) is 0 Å². The topological polar surface area (TPSA) is 34.1 Å². The number of rotatable bonds is 0. The van der Waals surface area contributed by atoms with Crippen molar-refractivity contribution in [3.05, 3.63) is 62.6 Å². The van der Waals surface area contributed by atoms with Gasteiger partial charge in [0, 0.05) is 38.3 Å². The van der Waals surface area contributed by atoms with Gasteiger partial charge in [-0.25, -0.2) is 0 Å². The van der Waals surface area contributed by atoms with Gasteiger partial charge >= 0.3 is 0 Å². The van der Waals surface area contributed by atoms with Gasteiger partial charge in [0.25, 0.3) is 0 Å². The number of hydrogen-bond acceptors (Lipinski definition) is 2. The lowest BCUT2D eigenvalue weighted by Gasteiger charge is -2.21. The zero-order valence-corrected chi connectivity index (χ0v) is 17.1. The summed E-state index contributed by atoms with van der Waals surface area (Å²) in [7, 11) is 0. The van der Waals surface area contributed by atoms with Gasteiger partial charge in [-0.2, -0.15) is 0 Å². The summed E-state index contributed by atoms with van der Waals surface area (Å²) in [4.78, 5) is 25.6. The first-order chi connectivity index (χ1) is 9.43. The zero-order valence-electron chi connectivity index (χ0n) is 9.64. The number of hydrogen-bond donors (Lipinski definition) is 0. The fourth-order valence-corrected chi connectivity index (χ4v) is 4.65. The maximum absolute atomic E-state index is 12.8. The Morgan fingerprint density at radius 2 is 1.00 bits per heavy atom. The summed E-state index contributed by atoms with van der Waals surface area (Å²) in [6.45, 7) is 0. The van der Waals surface area contributed by atoms with Crippen LogP contribution < -0.4 is 0 Å². The first-order valence-electron chi connectivity index (χ1n) is 5.49. The van der Waals surface area contributed by atoms with Gasteiger partial charge in [0.05, 0.1) is 0 Å². The highest BCUT2D eigenvalue weighted by Crippen LogP contribution is 2.39. The first kappa shape index (κ1) is 15.1. The van der Waals surface area contributed by atoms with E-state index in [1.165, 1.54) is 0 Å². The maximum atomic E-state index is 12.8. The molecule has 1 aliphatic rings. The smallest absolute Gasteiger partial charge is 0.196 e. The van der Waals surface area contributed by atoms with Crippen LogP contribution >= 0.6 is 77.0 Å². The van der Waals surface area contributed by atoms with E-state index in [9.17, 15) is 9.59 Å². The van der Waals surface area contributed by atoms with Crippen molar-refractivity contribution < 1.29 is 9.59 Å². The first-order valence-corrected chi connectivity index (χ1v) is 9.23. The van der Waals surface area contributed by atoms with Crippen LogP contribution in [0.2, 0.25) is 0 Å². The van der Waals surface area contributed by atoms with E-state index >= 15 is 0 Å². The summed E-state index contributed by atoms with van der Waals surface area (Å²) in [5.74, 6) is -0.212. The summed E-state index contributed by atoms with van der Waals surface area (Å²) in [5, 5.41) is 0. The molecule has 0 bridgehead atoms. The number of halogens is 4. The Balaban J connectivity index is 2.46. The molecular weight excluding hydrogens is 614 g/mol. The molecule has 2 aromatic carbocycles. The van der Waals surface area contributed by atoms with Crippen LogP contribution in [-0.2, 0) is 0 Å². The summed E-state index contributed by atoms with van der Waals surface area (Å²) >= 11 is 11.0. The molecule has 0 aromatic heterocycles. The summed E-state index contributed by atoms with van der Waals surface area (Å²) < 4.78 is 2.89. The molecule has 20 heavy (non-hydrogen) atoms. The molecular formula is C14H4Br2I2O2. The highest BCUT2D eigenvalue weighted by Gasteiger charge is 2.35. The standard InChI is InChI=1S/C14H4Br2I2O2/c15-5-1-2-6(16)10-9(5)13(19)11-7(17)3-4-8(18)12(11)14(10)20/h1-4H. The molecule has 0 saturated carbocycles. The van der Waals surface area contributed by atoms with Gasteiger partial charge in [0.1, 0.15) is 0 Å². The molecule has 0 N–H and O–H groups in total. The lowest BCUT2D eigenvalue weighted by molar-refractivity contribution is 0.0976. The molecule has 0 saturated heterocycles. The molecule has 0 amide bonds. The molecule has 6 heteroatoms. The Labute approximate surface area is 159 Å². The number of ketones is 2. The van der Waals surface area contributed by atoms with E-state index in [0.717, 1.165) is 7.14 Å². The Morgan fingerprint density at radius 3 is 1.35 bits per heavy atom. The van der Waals surface area contributed by atoms with Crippen molar-refractivity contribution in [2.75, 3.05) is 0 Å². The Bertz CT molecular complexity index is 671. The third-order valence-electron chi connectivity index (χ3n) is 3.12. The van der Waals surface area contributed by atoms with Crippen LogP contribution in [0.1, 0.15) is 31.8 Å². The second-order valence-corrected chi connectivity index (χ2v) is 8.25. The molecule has 100 valence electrons. The third kappa shape index (κ3) is 2.14. The van der Waals surface area contributed by atoms with Crippen molar-refractivity contribution in [3.63, 3.8) is 0 Å². The molecule has 0 atom stereocenters. The SMILES string of the molecule is O=C1c2c(Br)ccc(Br)c2C(=O)c2c(I)ccc(I)c21. The predicted molar refractivity (Wildman–Crippen MR) is 101 cm³/mol. The molecule has 1 aliphatic carbocycles. The molecule has 0 heterocycles. The van der Waals surface area contributed by atoms with Gasteiger partial charge in [0.2, 0.25) is 0 Å². The van der Waals surface area contributed by atoms with Crippen LogP contribution in [0, 0.1) is 7.14 Å². The van der Waals surface area contributed by atoms with E-state index in [2.05, 4.69) is 77.0 Å². The van der Waals surface area contributed by atoms with Gasteiger partial charge in [-0.05, 0) is 69.4 Å². The summed E-state index contributed by atoms with van der Waals surface area (Å²) in [6, 6.07) is 7.28. The summed E-state index contributed by atoms with van der Waals surface area (Å²) in [6.07, 6.45) is 0. The van der Waals surface area contributed by atoms with E-state index in [4.69, 9.17) is 0 Å². The average molecular weight is 618 g/mol. The third-order valence-corrected chi connectivity index (χ3v) is 6.24. The molecule has 0 fully saturated rings. The van der Waals surface area contributed by atoms with Crippen molar-refractivity contribution in [1.82, 2.24) is 0 Å². The van der Waals surface area contributed by atoms with Crippen molar-refractivity contribution in [2.24, 2.45) is 0 Å². The monoisotopic (exact) mass is 616 g/mol. The average Bonchev–Trinajstić information content (AvgIpc) is 2.41. The van der Waals surface area contributed by atoms with E-state index in [0.29, 0.717) is 31.2 Å². The zero-order chi connectivity index (χ0) is 14.6. The number of carbonyl (C=O) groups excluding carboxylic acids is 2. The lowest BCUT2D eigenvalue weighted by Crippen LogP contribution is -2.24. The largest absolute Gasteiger partial charge is 0.288 e. The van der Waals surface area contributed by atoms with Crippen LogP contribution in [0.25, 0.3) is 0 Å². The fraction of sp³-hybridized carbons (Fsp3) is 0. The molecule has 0 unspecified atom stereocenters. The molecule has 3 rings (SSSR count). The van der Waals surface area contributed by atoms with Crippen LogP contribution in [0.3, 0.4) is 0 Å². The minimum absolute atomic E-state index is 0.106. The highest BCUT2D eigenvalue weighted by molar-refractivity contribution is 14.1. The van der Waals surface area contributed by atoms with Gasteiger partial charge < -0.3 is 0 Å². The van der Waals surface area contributed by atoms with E-state index in [1.54, 1.807) is 12.1 Å². The van der Waals surface area contributed by atoms with Crippen molar-refractivity contribution >= 4 is 88.6 Å². The lowest BCUT2D eigenvalue weighted by atomic mass is 9.84. The predicted octanol–water partition coefficient (Wildman–Crippen LogP) is 5.20. The number of fused-ring (bicyclic) bond motifs is 2. The molecule has 0 spiro atoms. The molecule has 2 nitrogen and oxygen atoms in total. The Hall–Kier alpha value is 0.200. The minimum atomic E-state index is -0.106. The van der Waals surface area contributed by atoms with Crippen molar-refractivity contribution in [2.45, 2.75) is 0 Å². The van der Waals surface area contributed by atoms with Crippen molar-refractivity contribution in [1.29, 1.82) is 0 Å². The van der Waals surface area contributed by atoms with Gasteiger partial charge in [-0.1, -0.05) is 31.9 Å². The summed E-state index contributed by atoms with van der Waals surface area (Å²) in [5.41, 5.74) is 1.90. The number of benzene rings is 2. The molecule has 0 aliphatic heterocycles. The van der Waals surface area contributed by atoms with Crippen LogP contribution in [0.4, 0.5) is 0 Å². The van der Waals surface area contributed by atoms with Crippen LogP contribution in [0.15, 0.2) is 33.2 Å². The number of carbonyl (C=O) groups is 2. The van der Waals surface area contributed by atoms with E-state index in [1.807, 2.05) is 12.1 Å². The Kier molecular flexibility index (Phi) is 4.11. The second kappa shape index (κ2) is 5.44. The van der Waals surface area contributed by atoms with Crippen LogP contribution in [-0.4, -0.2) is 11.6 Å². The normalized spacial score (nSPS) is 13.2. The maximum Gasteiger partial charge on any atom is 0.196 e. The quantitative estimate of drug-likeness (QED) is 0.326. The second-order valence-electron chi connectivity index (χ2n) is 4.22. The molecule has 0 radical (unpaired) electrons. The van der Waals surface area contributed by atoms with Crippen molar-refractivity contribution in [3.8, 4) is 0 Å². The highest BCUT2D eigenvalue weighted by atomic mass is 127. The minimum Gasteiger partial charge on any atom is -0.288 e. The molecule has 2 aromatic rings. The van der Waals surface area contributed by atoms with E-state index < -0.39 is 0 Å². The fourth-order valence-electron chi connectivity index (χ4n) is 2.24. The van der Waals surface area contributed by atoms with E-state index in [-0.39, 0.29) is 11.6 Å². The van der Waals surface area contributed by atoms with Gasteiger partial charge in [0.15, 0.2) is 11.6 Å².